The second-order valence-corrected chi connectivity index (χ2v) is 13.6. The number of ether oxygens (including phenoxy) is 2. The van der Waals surface area contributed by atoms with E-state index in [4.69, 9.17) is 9.47 Å². The summed E-state index contributed by atoms with van der Waals surface area (Å²) in [7, 11) is 0. The SMILES string of the molecule is CC(O)CC(O)CCCCCCCCCCCCCCCCCCCCCCCC(=O)CCO[C@@H]1O[C@H](CO)[C@H](O)[C@H](O)[C@H]1O. The first-order valence-electron chi connectivity index (χ1n) is 18.6. The maximum Gasteiger partial charge on any atom is 0.186 e. The van der Waals surface area contributed by atoms with Gasteiger partial charge in [-0.3, -0.25) is 4.79 Å². The highest BCUT2D eigenvalue weighted by atomic mass is 16.7. The van der Waals surface area contributed by atoms with Gasteiger partial charge in [0, 0.05) is 12.8 Å². The lowest BCUT2D eigenvalue weighted by Crippen LogP contribution is -2.59. The Kier molecular flexibility index (Phi) is 26.7. The molecule has 0 radical (unpaired) electrons. The van der Waals surface area contributed by atoms with Gasteiger partial charge in [-0.1, -0.05) is 128 Å². The minimum atomic E-state index is -1.47. The molecule has 1 fully saturated rings. The van der Waals surface area contributed by atoms with Crippen molar-refractivity contribution in [3.63, 3.8) is 0 Å². The highest BCUT2D eigenvalue weighted by molar-refractivity contribution is 5.78. The van der Waals surface area contributed by atoms with E-state index in [1.54, 1.807) is 6.92 Å². The van der Waals surface area contributed by atoms with Crippen LogP contribution in [0.4, 0.5) is 0 Å². The van der Waals surface area contributed by atoms with Gasteiger partial charge in [0.25, 0.3) is 0 Å². The minimum absolute atomic E-state index is 0.0601. The number of hydrogen-bond acceptors (Lipinski definition) is 9. The number of rotatable bonds is 31. The van der Waals surface area contributed by atoms with Gasteiger partial charge in [0.05, 0.1) is 25.4 Å². The Hall–Kier alpha value is -0.650. The lowest BCUT2D eigenvalue weighted by Gasteiger charge is -2.39. The zero-order valence-corrected chi connectivity index (χ0v) is 28.5. The van der Waals surface area contributed by atoms with E-state index >= 15 is 0 Å². The van der Waals surface area contributed by atoms with Crippen LogP contribution >= 0.6 is 0 Å². The Morgan fingerprint density at radius 2 is 1.04 bits per heavy atom. The maximum atomic E-state index is 12.1. The van der Waals surface area contributed by atoms with Crippen molar-refractivity contribution in [2.75, 3.05) is 13.2 Å². The Balaban J connectivity index is 1.77. The van der Waals surface area contributed by atoms with Crippen molar-refractivity contribution < 1.29 is 44.9 Å². The predicted octanol–water partition coefficient (Wildman–Crippen LogP) is 5.87. The molecule has 45 heavy (non-hydrogen) atoms. The van der Waals surface area contributed by atoms with Crippen molar-refractivity contribution in [3.05, 3.63) is 0 Å². The molecule has 0 bridgehead atoms. The van der Waals surface area contributed by atoms with Crippen LogP contribution in [0.5, 0.6) is 0 Å². The monoisotopic (exact) mass is 647 g/mol. The number of hydrogen-bond donors (Lipinski definition) is 6. The smallest absolute Gasteiger partial charge is 0.186 e. The Morgan fingerprint density at radius 3 is 1.47 bits per heavy atom. The predicted molar refractivity (Wildman–Crippen MR) is 178 cm³/mol. The molecule has 9 heteroatoms. The molecule has 0 aliphatic carbocycles. The highest BCUT2D eigenvalue weighted by Crippen LogP contribution is 2.22. The van der Waals surface area contributed by atoms with Crippen molar-refractivity contribution in [1.82, 2.24) is 0 Å². The fraction of sp³-hybridized carbons (Fsp3) is 0.972. The van der Waals surface area contributed by atoms with Crippen LogP contribution in [0, 0.1) is 0 Å². The molecule has 6 N–H and O–H groups in total. The molecule has 7 atom stereocenters. The second kappa shape index (κ2) is 28.4. The van der Waals surface area contributed by atoms with Gasteiger partial charge in [-0.15, -0.1) is 0 Å². The quantitative estimate of drug-likeness (QED) is 0.0507. The van der Waals surface area contributed by atoms with Crippen molar-refractivity contribution in [2.45, 2.75) is 210 Å². The fourth-order valence-electron chi connectivity index (χ4n) is 6.19. The summed E-state index contributed by atoms with van der Waals surface area (Å²) in [5.41, 5.74) is 0. The Labute approximate surface area is 274 Å². The third kappa shape index (κ3) is 22.5. The topological polar surface area (TPSA) is 157 Å². The average Bonchev–Trinajstić information content (AvgIpc) is 3.01. The van der Waals surface area contributed by atoms with E-state index in [9.17, 15) is 35.4 Å². The summed E-state index contributed by atoms with van der Waals surface area (Å²) in [6.07, 6.45) is 21.5. The fourth-order valence-corrected chi connectivity index (χ4v) is 6.19. The molecular weight excluding hydrogens is 576 g/mol. The van der Waals surface area contributed by atoms with Gasteiger partial charge in [-0.05, 0) is 26.2 Å². The molecule has 0 aromatic rings. The number of aliphatic hydroxyl groups excluding tert-OH is 6. The summed E-state index contributed by atoms with van der Waals surface area (Å²) in [4.78, 5) is 12.1. The van der Waals surface area contributed by atoms with Gasteiger partial charge in [0.1, 0.15) is 30.2 Å². The van der Waals surface area contributed by atoms with E-state index < -0.39 is 43.4 Å². The van der Waals surface area contributed by atoms with Crippen LogP contribution in [0.25, 0.3) is 0 Å². The van der Waals surface area contributed by atoms with Crippen LogP contribution in [0.2, 0.25) is 0 Å². The number of carbonyl (C=O) groups excluding carboxylic acids is 1. The van der Waals surface area contributed by atoms with Gasteiger partial charge >= 0.3 is 0 Å². The molecule has 0 saturated carbocycles. The zero-order chi connectivity index (χ0) is 33.1. The molecular formula is C36H70O9. The number of Topliss-reactive ketones (excluding diaryl/α,β-unsaturated/α-hetero) is 1. The first-order valence-corrected chi connectivity index (χ1v) is 18.6. The van der Waals surface area contributed by atoms with Crippen molar-refractivity contribution in [1.29, 1.82) is 0 Å². The summed E-state index contributed by atoms with van der Waals surface area (Å²) in [6.45, 7) is 1.29. The van der Waals surface area contributed by atoms with Crippen LogP contribution < -0.4 is 0 Å². The van der Waals surface area contributed by atoms with Crippen LogP contribution in [0.15, 0.2) is 0 Å². The number of ketones is 1. The second-order valence-electron chi connectivity index (χ2n) is 13.6. The molecule has 0 aromatic carbocycles. The summed E-state index contributed by atoms with van der Waals surface area (Å²) in [6, 6.07) is 0. The maximum absolute atomic E-state index is 12.1. The van der Waals surface area contributed by atoms with Gasteiger partial charge in [0.15, 0.2) is 6.29 Å². The molecule has 1 aliphatic heterocycles. The van der Waals surface area contributed by atoms with Gasteiger partial charge in [-0.25, -0.2) is 0 Å². The Morgan fingerprint density at radius 1 is 0.622 bits per heavy atom. The summed E-state index contributed by atoms with van der Waals surface area (Å²) < 4.78 is 10.7. The van der Waals surface area contributed by atoms with Crippen LogP contribution in [0.3, 0.4) is 0 Å². The highest BCUT2D eigenvalue weighted by Gasteiger charge is 2.43. The van der Waals surface area contributed by atoms with E-state index in [-0.39, 0.29) is 24.9 Å². The summed E-state index contributed by atoms with van der Waals surface area (Å²) in [5.74, 6) is 0.0984. The van der Waals surface area contributed by atoms with Gasteiger partial charge in [-0.2, -0.15) is 0 Å². The molecule has 1 saturated heterocycles. The number of carbonyl (C=O) groups is 1. The van der Waals surface area contributed by atoms with Crippen LogP contribution in [-0.2, 0) is 14.3 Å². The van der Waals surface area contributed by atoms with Crippen molar-refractivity contribution >= 4 is 5.78 Å². The van der Waals surface area contributed by atoms with Crippen molar-refractivity contribution in [3.8, 4) is 0 Å². The number of aliphatic hydroxyl groups is 6. The third-order valence-corrected chi connectivity index (χ3v) is 9.12. The zero-order valence-electron chi connectivity index (χ0n) is 28.5. The minimum Gasteiger partial charge on any atom is -0.394 e. The lowest BCUT2D eigenvalue weighted by atomic mass is 9.99. The molecule has 0 aromatic heterocycles. The van der Waals surface area contributed by atoms with E-state index in [2.05, 4.69) is 0 Å². The molecule has 1 rings (SSSR count). The molecule has 2 unspecified atom stereocenters. The molecule has 1 aliphatic rings. The third-order valence-electron chi connectivity index (χ3n) is 9.12. The summed E-state index contributed by atoms with van der Waals surface area (Å²) >= 11 is 0. The van der Waals surface area contributed by atoms with Crippen molar-refractivity contribution in [2.24, 2.45) is 0 Å². The summed E-state index contributed by atoms with van der Waals surface area (Å²) in [5, 5.41) is 57.8. The standard InChI is InChI=1S/C36H70O9/c1-29(38)27-31(40)24-22-20-18-16-14-12-10-8-6-4-2-3-5-7-9-11-13-15-17-19-21-23-30(39)25-26-44-36-35(43)34(42)33(41)32(28-37)45-36/h29,31-38,40-43H,2-28H2,1H3/t29?,31?,32-,33+,34+,35-,36-/m1/s1. The molecule has 0 spiro atoms. The number of unbranched alkanes of at least 4 members (excludes halogenated alkanes) is 20. The van der Waals surface area contributed by atoms with Gasteiger partial charge in [0.2, 0.25) is 0 Å². The van der Waals surface area contributed by atoms with Crippen LogP contribution in [0.1, 0.15) is 167 Å². The van der Waals surface area contributed by atoms with E-state index in [1.807, 2.05) is 0 Å². The average molecular weight is 647 g/mol. The molecule has 9 nitrogen and oxygen atoms in total. The van der Waals surface area contributed by atoms with Gasteiger partial charge < -0.3 is 40.1 Å². The van der Waals surface area contributed by atoms with E-state index in [0.29, 0.717) is 12.8 Å². The lowest BCUT2D eigenvalue weighted by molar-refractivity contribution is -0.300. The van der Waals surface area contributed by atoms with Crippen LogP contribution in [-0.4, -0.2) is 92.5 Å². The van der Waals surface area contributed by atoms with E-state index in [1.165, 1.54) is 109 Å². The molecule has 0 amide bonds. The first-order chi connectivity index (χ1) is 21.8. The Bertz CT molecular complexity index is 675. The largest absolute Gasteiger partial charge is 0.394 e. The first kappa shape index (κ1) is 42.4. The molecule has 268 valence electrons. The molecule has 1 heterocycles. The van der Waals surface area contributed by atoms with E-state index in [0.717, 1.165) is 32.1 Å². The normalized spacial score (nSPS) is 23.3.